The van der Waals surface area contributed by atoms with Gasteiger partial charge >= 0.3 is 0 Å². The van der Waals surface area contributed by atoms with Crippen LogP contribution in [-0.2, 0) is 11.2 Å². The summed E-state index contributed by atoms with van der Waals surface area (Å²) < 4.78 is 5.31. The average Bonchev–Trinajstić information content (AvgIpc) is 2.47. The van der Waals surface area contributed by atoms with Crippen LogP contribution in [0.1, 0.15) is 18.9 Å². The SMILES string of the molecule is CNC1CCN(C(=O)Cc2ccccc2OC)CC1C. The maximum Gasteiger partial charge on any atom is 0.227 e. The fraction of sp³-hybridized carbons (Fsp3) is 0.562. The van der Waals surface area contributed by atoms with E-state index in [4.69, 9.17) is 4.74 Å². The zero-order chi connectivity index (χ0) is 14.5. The summed E-state index contributed by atoms with van der Waals surface area (Å²) in [5.41, 5.74) is 0.961. The number of rotatable bonds is 4. The van der Waals surface area contributed by atoms with Gasteiger partial charge in [-0.3, -0.25) is 4.79 Å². The second-order valence-electron chi connectivity index (χ2n) is 5.49. The van der Waals surface area contributed by atoms with E-state index in [2.05, 4.69) is 12.2 Å². The van der Waals surface area contributed by atoms with E-state index in [0.717, 1.165) is 30.8 Å². The third-order valence-electron chi connectivity index (χ3n) is 4.16. The number of ether oxygens (including phenoxy) is 1. The Morgan fingerprint density at radius 3 is 2.85 bits per heavy atom. The van der Waals surface area contributed by atoms with Crippen LogP contribution in [0.2, 0.25) is 0 Å². The molecule has 4 nitrogen and oxygen atoms in total. The Kier molecular flexibility index (Phi) is 5.01. The van der Waals surface area contributed by atoms with Crippen LogP contribution in [-0.4, -0.2) is 44.1 Å². The minimum absolute atomic E-state index is 0.191. The summed E-state index contributed by atoms with van der Waals surface area (Å²) in [5.74, 6) is 1.48. The molecular formula is C16H24N2O2. The summed E-state index contributed by atoms with van der Waals surface area (Å²) in [6, 6.07) is 8.25. The molecule has 1 heterocycles. The minimum atomic E-state index is 0.191. The molecule has 0 spiro atoms. The third kappa shape index (κ3) is 3.31. The predicted molar refractivity (Wildman–Crippen MR) is 79.9 cm³/mol. The van der Waals surface area contributed by atoms with Crippen LogP contribution in [0.3, 0.4) is 0 Å². The van der Waals surface area contributed by atoms with Crippen LogP contribution in [0.4, 0.5) is 0 Å². The number of carbonyl (C=O) groups is 1. The first-order valence-electron chi connectivity index (χ1n) is 7.22. The monoisotopic (exact) mass is 276 g/mol. The van der Waals surface area contributed by atoms with Gasteiger partial charge in [0, 0.05) is 24.7 Å². The Morgan fingerprint density at radius 1 is 1.45 bits per heavy atom. The van der Waals surface area contributed by atoms with Crippen LogP contribution in [0, 0.1) is 5.92 Å². The Hall–Kier alpha value is -1.55. The highest BCUT2D eigenvalue weighted by Gasteiger charge is 2.27. The van der Waals surface area contributed by atoms with Crippen molar-refractivity contribution in [2.24, 2.45) is 5.92 Å². The summed E-state index contributed by atoms with van der Waals surface area (Å²) >= 11 is 0. The summed E-state index contributed by atoms with van der Waals surface area (Å²) in [5, 5.41) is 3.32. The second kappa shape index (κ2) is 6.75. The molecule has 1 aliphatic rings. The van der Waals surface area contributed by atoms with E-state index in [-0.39, 0.29) is 5.91 Å². The van der Waals surface area contributed by atoms with Crippen molar-refractivity contribution in [3.05, 3.63) is 29.8 Å². The van der Waals surface area contributed by atoms with E-state index >= 15 is 0 Å². The van der Waals surface area contributed by atoms with Crippen LogP contribution in [0.25, 0.3) is 0 Å². The number of piperidine rings is 1. The van der Waals surface area contributed by atoms with Gasteiger partial charge in [-0.1, -0.05) is 25.1 Å². The highest BCUT2D eigenvalue weighted by molar-refractivity contribution is 5.79. The molecule has 1 N–H and O–H groups in total. The molecular weight excluding hydrogens is 252 g/mol. The van der Waals surface area contributed by atoms with Gasteiger partial charge in [-0.05, 0) is 25.5 Å². The van der Waals surface area contributed by atoms with Gasteiger partial charge in [0.2, 0.25) is 5.91 Å². The van der Waals surface area contributed by atoms with Crippen molar-refractivity contribution in [3.63, 3.8) is 0 Å². The van der Waals surface area contributed by atoms with Gasteiger partial charge in [0.15, 0.2) is 0 Å². The number of nitrogens with zero attached hydrogens (tertiary/aromatic N) is 1. The van der Waals surface area contributed by atoms with E-state index in [1.165, 1.54) is 0 Å². The van der Waals surface area contributed by atoms with Crippen molar-refractivity contribution in [2.45, 2.75) is 25.8 Å². The molecule has 0 aliphatic carbocycles. The Labute approximate surface area is 121 Å². The van der Waals surface area contributed by atoms with Gasteiger partial charge in [0.1, 0.15) is 5.75 Å². The van der Waals surface area contributed by atoms with Crippen molar-refractivity contribution in [2.75, 3.05) is 27.2 Å². The van der Waals surface area contributed by atoms with Gasteiger partial charge < -0.3 is 15.0 Å². The number of nitrogens with one attached hydrogen (secondary N) is 1. The summed E-state index contributed by atoms with van der Waals surface area (Å²) in [6.45, 7) is 3.87. The number of benzene rings is 1. The molecule has 1 amide bonds. The summed E-state index contributed by atoms with van der Waals surface area (Å²) in [7, 11) is 3.64. The minimum Gasteiger partial charge on any atom is -0.496 e. The highest BCUT2D eigenvalue weighted by atomic mass is 16.5. The van der Waals surface area contributed by atoms with E-state index in [9.17, 15) is 4.79 Å². The maximum atomic E-state index is 12.4. The lowest BCUT2D eigenvalue weighted by Gasteiger charge is -2.37. The van der Waals surface area contributed by atoms with Crippen molar-refractivity contribution in [1.82, 2.24) is 10.2 Å². The van der Waals surface area contributed by atoms with Crippen molar-refractivity contribution in [3.8, 4) is 5.75 Å². The molecule has 0 saturated carbocycles. The fourth-order valence-corrected chi connectivity index (χ4v) is 2.92. The van der Waals surface area contributed by atoms with Crippen molar-refractivity contribution < 1.29 is 9.53 Å². The second-order valence-corrected chi connectivity index (χ2v) is 5.49. The smallest absolute Gasteiger partial charge is 0.227 e. The number of likely N-dealkylation sites (tertiary alicyclic amines) is 1. The molecule has 20 heavy (non-hydrogen) atoms. The first-order valence-corrected chi connectivity index (χ1v) is 7.22. The highest BCUT2D eigenvalue weighted by Crippen LogP contribution is 2.21. The zero-order valence-corrected chi connectivity index (χ0v) is 12.6. The van der Waals surface area contributed by atoms with Crippen LogP contribution in [0.5, 0.6) is 5.75 Å². The van der Waals surface area contributed by atoms with Gasteiger partial charge in [0.05, 0.1) is 13.5 Å². The molecule has 0 radical (unpaired) electrons. The molecule has 1 aliphatic heterocycles. The average molecular weight is 276 g/mol. The number of amides is 1. The van der Waals surface area contributed by atoms with Crippen LogP contribution >= 0.6 is 0 Å². The standard InChI is InChI=1S/C16H24N2O2/c1-12-11-18(9-8-14(12)17-2)16(19)10-13-6-4-5-7-15(13)20-3/h4-7,12,14,17H,8-11H2,1-3H3. The molecule has 1 saturated heterocycles. The Balaban J connectivity index is 1.99. The quantitative estimate of drug-likeness (QED) is 0.910. The number of hydrogen-bond donors (Lipinski definition) is 1. The largest absolute Gasteiger partial charge is 0.496 e. The van der Waals surface area contributed by atoms with Gasteiger partial charge in [-0.25, -0.2) is 0 Å². The Bertz CT molecular complexity index is 462. The van der Waals surface area contributed by atoms with Gasteiger partial charge in [-0.15, -0.1) is 0 Å². The molecule has 110 valence electrons. The maximum absolute atomic E-state index is 12.4. The lowest BCUT2D eigenvalue weighted by molar-refractivity contribution is -0.132. The normalized spacial score (nSPS) is 22.6. The number of para-hydroxylation sites is 1. The molecule has 2 atom stereocenters. The summed E-state index contributed by atoms with van der Waals surface area (Å²) in [6.07, 6.45) is 1.44. The Morgan fingerprint density at radius 2 is 2.20 bits per heavy atom. The number of methoxy groups -OCH3 is 1. The van der Waals surface area contributed by atoms with E-state index in [1.54, 1.807) is 7.11 Å². The van der Waals surface area contributed by atoms with Gasteiger partial charge in [-0.2, -0.15) is 0 Å². The van der Waals surface area contributed by atoms with Crippen molar-refractivity contribution in [1.29, 1.82) is 0 Å². The molecule has 0 bridgehead atoms. The lowest BCUT2D eigenvalue weighted by atomic mass is 9.93. The summed E-state index contributed by atoms with van der Waals surface area (Å²) in [4.78, 5) is 14.4. The van der Waals surface area contributed by atoms with E-state index in [0.29, 0.717) is 18.4 Å². The molecule has 2 unspecified atom stereocenters. The first-order chi connectivity index (χ1) is 9.65. The molecule has 2 rings (SSSR count). The molecule has 4 heteroatoms. The van der Waals surface area contributed by atoms with E-state index in [1.807, 2.05) is 36.2 Å². The topological polar surface area (TPSA) is 41.6 Å². The molecule has 1 fully saturated rings. The first kappa shape index (κ1) is 14.9. The molecule has 0 aromatic heterocycles. The molecule has 1 aromatic carbocycles. The van der Waals surface area contributed by atoms with Gasteiger partial charge in [0.25, 0.3) is 0 Å². The predicted octanol–water partition coefficient (Wildman–Crippen LogP) is 1.69. The molecule has 1 aromatic rings. The van der Waals surface area contributed by atoms with Crippen molar-refractivity contribution >= 4 is 5.91 Å². The zero-order valence-electron chi connectivity index (χ0n) is 12.6. The van der Waals surface area contributed by atoms with Crippen LogP contribution < -0.4 is 10.1 Å². The number of hydrogen-bond acceptors (Lipinski definition) is 3. The van der Waals surface area contributed by atoms with Crippen LogP contribution in [0.15, 0.2) is 24.3 Å². The fourth-order valence-electron chi connectivity index (χ4n) is 2.92. The number of carbonyl (C=O) groups excluding carboxylic acids is 1. The third-order valence-corrected chi connectivity index (χ3v) is 4.16. The van der Waals surface area contributed by atoms with E-state index < -0.39 is 0 Å². The lowest BCUT2D eigenvalue weighted by Crippen LogP contribution is -2.49.